The largest absolute Gasteiger partial charge is 0.382 e. The standard InChI is InChI=1S/C13H16N4/c1-9-2-4-10(5-3-9)11-6-7-12-13(14)15-8-16-17(11)12/h4,6-9H,2-3,5H2,1H3,(H2,14,15,16). The first-order valence-electron chi connectivity index (χ1n) is 6.03. The number of nitrogens with zero attached hydrogens (tertiary/aromatic N) is 3. The van der Waals surface area contributed by atoms with Gasteiger partial charge in [0.15, 0.2) is 5.82 Å². The highest BCUT2D eigenvalue weighted by molar-refractivity contribution is 5.73. The van der Waals surface area contributed by atoms with E-state index < -0.39 is 0 Å². The number of anilines is 1. The molecule has 0 radical (unpaired) electrons. The number of aromatic nitrogens is 3. The lowest BCUT2D eigenvalue weighted by molar-refractivity contribution is 0.532. The average Bonchev–Trinajstić information content (AvgIpc) is 2.75. The molecule has 1 aliphatic rings. The van der Waals surface area contributed by atoms with Crippen molar-refractivity contribution in [2.45, 2.75) is 26.2 Å². The molecule has 0 bridgehead atoms. The molecule has 1 atom stereocenters. The Morgan fingerprint density at radius 3 is 3.06 bits per heavy atom. The lowest BCUT2D eigenvalue weighted by atomic mass is 9.90. The topological polar surface area (TPSA) is 56.2 Å². The maximum absolute atomic E-state index is 5.83. The van der Waals surface area contributed by atoms with Gasteiger partial charge in [-0.1, -0.05) is 13.0 Å². The molecule has 17 heavy (non-hydrogen) atoms. The lowest BCUT2D eigenvalue weighted by Gasteiger charge is -2.17. The Kier molecular flexibility index (Phi) is 2.35. The fraction of sp³-hybridized carbons (Fsp3) is 0.385. The van der Waals surface area contributed by atoms with E-state index in [4.69, 9.17) is 5.73 Å². The van der Waals surface area contributed by atoms with Gasteiger partial charge in [-0.2, -0.15) is 5.10 Å². The Morgan fingerprint density at radius 2 is 2.29 bits per heavy atom. The van der Waals surface area contributed by atoms with Crippen molar-refractivity contribution in [3.8, 4) is 0 Å². The number of hydrogen-bond donors (Lipinski definition) is 1. The Hall–Kier alpha value is -1.84. The van der Waals surface area contributed by atoms with Gasteiger partial charge in [-0.3, -0.25) is 0 Å². The molecule has 2 N–H and O–H groups in total. The van der Waals surface area contributed by atoms with Crippen LogP contribution in [0.3, 0.4) is 0 Å². The van der Waals surface area contributed by atoms with Crippen LogP contribution in [-0.2, 0) is 0 Å². The van der Waals surface area contributed by atoms with Gasteiger partial charge in [0.2, 0.25) is 0 Å². The van der Waals surface area contributed by atoms with Gasteiger partial charge in [-0.05, 0) is 42.9 Å². The normalized spacial score (nSPS) is 20.5. The van der Waals surface area contributed by atoms with E-state index in [1.54, 1.807) is 0 Å². The maximum Gasteiger partial charge on any atom is 0.151 e. The van der Waals surface area contributed by atoms with Gasteiger partial charge >= 0.3 is 0 Å². The van der Waals surface area contributed by atoms with E-state index in [1.807, 2.05) is 10.6 Å². The van der Waals surface area contributed by atoms with Crippen LogP contribution >= 0.6 is 0 Å². The molecule has 0 spiro atoms. The zero-order valence-electron chi connectivity index (χ0n) is 9.93. The molecule has 0 saturated heterocycles. The van der Waals surface area contributed by atoms with Gasteiger partial charge in [0.25, 0.3) is 0 Å². The average molecular weight is 228 g/mol. The van der Waals surface area contributed by atoms with Gasteiger partial charge in [0, 0.05) is 0 Å². The molecule has 2 heterocycles. The summed E-state index contributed by atoms with van der Waals surface area (Å²) in [5, 5.41) is 4.28. The highest BCUT2D eigenvalue weighted by Gasteiger charge is 2.15. The van der Waals surface area contributed by atoms with Gasteiger partial charge in [0.05, 0.1) is 5.69 Å². The summed E-state index contributed by atoms with van der Waals surface area (Å²) in [6.07, 6.45) is 7.37. The molecule has 2 aromatic heterocycles. The second kappa shape index (κ2) is 3.87. The van der Waals surface area contributed by atoms with Crippen LogP contribution < -0.4 is 5.73 Å². The van der Waals surface area contributed by atoms with Crippen molar-refractivity contribution in [3.63, 3.8) is 0 Å². The molecule has 2 aromatic rings. The van der Waals surface area contributed by atoms with Crippen LogP contribution in [0.1, 0.15) is 31.9 Å². The quantitative estimate of drug-likeness (QED) is 0.816. The molecule has 0 amide bonds. The summed E-state index contributed by atoms with van der Waals surface area (Å²) in [4.78, 5) is 4.00. The predicted octanol–water partition coefficient (Wildman–Crippen LogP) is 2.51. The Labute approximate surface area is 100 Å². The first-order chi connectivity index (χ1) is 8.25. The van der Waals surface area contributed by atoms with Crippen molar-refractivity contribution >= 4 is 16.9 Å². The summed E-state index contributed by atoms with van der Waals surface area (Å²) in [5.74, 6) is 1.33. The third-order valence-electron chi connectivity index (χ3n) is 3.48. The van der Waals surface area contributed by atoms with Crippen molar-refractivity contribution < 1.29 is 0 Å². The van der Waals surface area contributed by atoms with Crippen LogP contribution in [0.25, 0.3) is 11.1 Å². The van der Waals surface area contributed by atoms with Crippen molar-refractivity contribution in [1.29, 1.82) is 0 Å². The van der Waals surface area contributed by atoms with Crippen LogP contribution in [0.4, 0.5) is 5.82 Å². The number of nitrogens with two attached hydrogens (primary N) is 1. The second-order valence-corrected chi connectivity index (χ2v) is 4.77. The third-order valence-corrected chi connectivity index (χ3v) is 3.48. The minimum absolute atomic E-state index is 0.538. The summed E-state index contributed by atoms with van der Waals surface area (Å²) in [6.45, 7) is 2.30. The van der Waals surface area contributed by atoms with Crippen molar-refractivity contribution in [2.75, 3.05) is 5.73 Å². The summed E-state index contributed by atoms with van der Waals surface area (Å²) in [7, 11) is 0. The number of fused-ring (bicyclic) bond motifs is 1. The number of hydrogen-bond acceptors (Lipinski definition) is 3. The second-order valence-electron chi connectivity index (χ2n) is 4.77. The summed E-state index contributed by atoms with van der Waals surface area (Å²) < 4.78 is 1.89. The molecule has 3 rings (SSSR count). The SMILES string of the molecule is CC1CC=C(c2ccc3c(N)ncnn23)CC1. The zero-order chi connectivity index (χ0) is 11.8. The molecule has 4 nitrogen and oxygen atoms in total. The molecule has 1 aliphatic carbocycles. The van der Waals surface area contributed by atoms with E-state index in [0.717, 1.165) is 30.0 Å². The van der Waals surface area contributed by atoms with E-state index in [9.17, 15) is 0 Å². The summed E-state index contributed by atoms with van der Waals surface area (Å²) >= 11 is 0. The molecule has 1 unspecified atom stereocenters. The molecule has 0 fully saturated rings. The molecule has 4 heteroatoms. The highest BCUT2D eigenvalue weighted by atomic mass is 15.3. The van der Waals surface area contributed by atoms with Crippen LogP contribution in [-0.4, -0.2) is 14.6 Å². The molecular weight excluding hydrogens is 212 g/mol. The fourth-order valence-corrected chi connectivity index (χ4v) is 2.39. The van der Waals surface area contributed by atoms with E-state index in [0.29, 0.717) is 5.82 Å². The predicted molar refractivity (Wildman–Crippen MR) is 68.4 cm³/mol. The minimum Gasteiger partial charge on any atom is -0.382 e. The maximum atomic E-state index is 5.83. The van der Waals surface area contributed by atoms with E-state index >= 15 is 0 Å². The molecular formula is C13H16N4. The van der Waals surface area contributed by atoms with Gasteiger partial charge in [-0.25, -0.2) is 9.50 Å². The van der Waals surface area contributed by atoms with Crippen LogP contribution in [0, 0.1) is 5.92 Å². The molecule has 88 valence electrons. The van der Waals surface area contributed by atoms with E-state index in [1.165, 1.54) is 18.3 Å². The molecule has 0 aromatic carbocycles. The zero-order valence-corrected chi connectivity index (χ0v) is 9.93. The first-order valence-corrected chi connectivity index (χ1v) is 6.03. The van der Waals surface area contributed by atoms with Gasteiger partial charge < -0.3 is 5.73 Å². The van der Waals surface area contributed by atoms with E-state index in [-0.39, 0.29) is 0 Å². The smallest absolute Gasteiger partial charge is 0.151 e. The lowest BCUT2D eigenvalue weighted by Crippen LogP contribution is -2.05. The molecule has 0 saturated carbocycles. The van der Waals surface area contributed by atoms with Crippen molar-refractivity contribution in [1.82, 2.24) is 14.6 Å². The number of allylic oxidation sites excluding steroid dienone is 2. The number of rotatable bonds is 1. The molecule has 0 aliphatic heterocycles. The first kappa shape index (κ1) is 10.3. The van der Waals surface area contributed by atoms with E-state index in [2.05, 4.69) is 29.1 Å². The Balaban J connectivity index is 2.10. The summed E-state index contributed by atoms with van der Waals surface area (Å²) in [6, 6.07) is 4.08. The van der Waals surface area contributed by atoms with Crippen molar-refractivity contribution in [2.24, 2.45) is 5.92 Å². The van der Waals surface area contributed by atoms with Gasteiger partial charge in [0.1, 0.15) is 11.8 Å². The van der Waals surface area contributed by atoms with Crippen LogP contribution in [0.15, 0.2) is 24.5 Å². The summed E-state index contributed by atoms with van der Waals surface area (Å²) in [5.41, 5.74) is 9.25. The van der Waals surface area contributed by atoms with Crippen LogP contribution in [0.5, 0.6) is 0 Å². The van der Waals surface area contributed by atoms with Crippen LogP contribution in [0.2, 0.25) is 0 Å². The Morgan fingerprint density at radius 1 is 1.41 bits per heavy atom. The monoisotopic (exact) mass is 228 g/mol. The fourth-order valence-electron chi connectivity index (χ4n) is 2.39. The third kappa shape index (κ3) is 1.69. The van der Waals surface area contributed by atoms with Crippen molar-refractivity contribution in [3.05, 3.63) is 30.2 Å². The highest BCUT2D eigenvalue weighted by Crippen LogP contribution is 2.30. The minimum atomic E-state index is 0.538. The Bertz CT molecular complexity index is 582. The number of nitrogen functional groups attached to an aromatic ring is 1. The van der Waals surface area contributed by atoms with Gasteiger partial charge in [-0.15, -0.1) is 0 Å².